The second-order valence-corrected chi connectivity index (χ2v) is 1.94. The molecule has 3 heteroatoms. The fourth-order valence-corrected chi connectivity index (χ4v) is 0.746. The standard InChI is InChI=1S/C6H8O3/c1-2-9-5-3-4(7)6(5)8/h5H,2-3H2,1H3. The summed E-state index contributed by atoms with van der Waals surface area (Å²) in [6, 6.07) is 0. The Morgan fingerprint density at radius 1 is 1.67 bits per heavy atom. The molecule has 0 aromatic carbocycles. The lowest BCUT2D eigenvalue weighted by atomic mass is 9.92. The molecule has 0 aromatic rings. The van der Waals surface area contributed by atoms with Gasteiger partial charge < -0.3 is 4.74 Å². The molecule has 0 radical (unpaired) electrons. The van der Waals surface area contributed by atoms with Crippen LogP contribution < -0.4 is 0 Å². The molecule has 0 aliphatic heterocycles. The Morgan fingerprint density at radius 2 is 2.33 bits per heavy atom. The zero-order valence-corrected chi connectivity index (χ0v) is 5.22. The van der Waals surface area contributed by atoms with E-state index < -0.39 is 6.10 Å². The maximum Gasteiger partial charge on any atom is 0.227 e. The van der Waals surface area contributed by atoms with Crippen LogP contribution >= 0.6 is 0 Å². The van der Waals surface area contributed by atoms with Crippen molar-refractivity contribution in [1.82, 2.24) is 0 Å². The Balaban J connectivity index is 2.33. The van der Waals surface area contributed by atoms with E-state index in [0.717, 1.165) is 0 Å². The van der Waals surface area contributed by atoms with Crippen molar-refractivity contribution in [1.29, 1.82) is 0 Å². The minimum atomic E-state index is -0.414. The molecule has 1 rings (SSSR count). The van der Waals surface area contributed by atoms with Crippen molar-refractivity contribution in [2.24, 2.45) is 0 Å². The number of hydrogen-bond acceptors (Lipinski definition) is 3. The molecule has 0 aromatic heterocycles. The summed E-state index contributed by atoms with van der Waals surface area (Å²) in [5, 5.41) is 0. The third-order valence-corrected chi connectivity index (χ3v) is 1.31. The second-order valence-electron chi connectivity index (χ2n) is 1.94. The Labute approximate surface area is 53.0 Å². The number of carbonyl (C=O) groups excluding carboxylic acids is 2. The van der Waals surface area contributed by atoms with Crippen LogP contribution in [-0.4, -0.2) is 24.3 Å². The van der Waals surface area contributed by atoms with Crippen LogP contribution in [0.1, 0.15) is 13.3 Å². The third-order valence-electron chi connectivity index (χ3n) is 1.31. The zero-order chi connectivity index (χ0) is 6.85. The van der Waals surface area contributed by atoms with Gasteiger partial charge in [-0.3, -0.25) is 9.59 Å². The Hall–Kier alpha value is -0.700. The highest BCUT2D eigenvalue weighted by molar-refractivity contribution is 6.45. The molecule has 9 heavy (non-hydrogen) atoms. The minimum Gasteiger partial charge on any atom is -0.370 e. The molecular weight excluding hydrogens is 120 g/mol. The first kappa shape index (κ1) is 6.42. The lowest BCUT2D eigenvalue weighted by molar-refractivity contribution is -0.154. The number of rotatable bonds is 2. The Bertz CT molecular complexity index is 150. The average Bonchev–Trinajstić information content (AvgIpc) is 1.88. The van der Waals surface area contributed by atoms with Gasteiger partial charge in [-0.05, 0) is 6.92 Å². The zero-order valence-electron chi connectivity index (χ0n) is 5.22. The van der Waals surface area contributed by atoms with Crippen molar-refractivity contribution >= 4 is 11.6 Å². The molecule has 1 unspecified atom stereocenters. The summed E-state index contributed by atoms with van der Waals surface area (Å²) in [6.45, 7) is 2.31. The van der Waals surface area contributed by atoms with Crippen molar-refractivity contribution in [2.75, 3.05) is 6.61 Å². The SMILES string of the molecule is CCOC1CC(=O)C1=O. The summed E-state index contributed by atoms with van der Waals surface area (Å²) in [5.41, 5.74) is 0. The summed E-state index contributed by atoms with van der Waals surface area (Å²) in [7, 11) is 0. The summed E-state index contributed by atoms with van der Waals surface area (Å²) in [5.74, 6) is -0.662. The van der Waals surface area contributed by atoms with Gasteiger partial charge in [-0.1, -0.05) is 0 Å². The van der Waals surface area contributed by atoms with Gasteiger partial charge in [0, 0.05) is 13.0 Å². The summed E-state index contributed by atoms with van der Waals surface area (Å²) >= 11 is 0. The normalized spacial score (nSPS) is 26.1. The van der Waals surface area contributed by atoms with E-state index in [2.05, 4.69) is 0 Å². The van der Waals surface area contributed by atoms with Crippen LogP contribution in [0.4, 0.5) is 0 Å². The molecule has 1 saturated carbocycles. The molecule has 1 atom stereocenters. The van der Waals surface area contributed by atoms with E-state index in [1.165, 1.54) is 0 Å². The number of Topliss-reactive ketones (excluding diaryl/α,β-unsaturated/α-hetero) is 2. The van der Waals surface area contributed by atoms with Crippen molar-refractivity contribution in [2.45, 2.75) is 19.4 Å². The highest BCUT2D eigenvalue weighted by Crippen LogP contribution is 2.13. The highest BCUT2D eigenvalue weighted by atomic mass is 16.5. The maximum absolute atomic E-state index is 10.5. The van der Waals surface area contributed by atoms with Crippen LogP contribution in [0.2, 0.25) is 0 Å². The van der Waals surface area contributed by atoms with Gasteiger partial charge in [0.15, 0.2) is 0 Å². The van der Waals surface area contributed by atoms with E-state index in [0.29, 0.717) is 6.61 Å². The number of carbonyl (C=O) groups is 2. The van der Waals surface area contributed by atoms with Crippen LogP contribution in [0, 0.1) is 0 Å². The number of ether oxygens (including phenoxy) is 1. The second kappa shape index (κ2) is 2.27. The van der Waals surface area contributed by atoms with Crippen LogP contribution in [0.5, 0.6) is 0 Å². The minimum absolute atomic E-state index is 0.284. The topological polar surface area (TPSA) is 43.4 Å². The molecule has 0 saturated heterocycles. The molecule has 0 spiro atoms. The predicted molar refractivity (Wildman–Crippen MR) is 30.0 cm³/mol. The van der Waals surface area contributed by atoms with Gasteiger partial charge in [0.05, 0.1) is 0 Å². The van der Waals surface area contributed by atoms with Gasteiger partial charge >= 0.3 is 0 Å². The first-order chi connectivity index (χ1) is 4.25. The van der Waals surface area contributed by atoms with Crippen molar-refractivity contribution in [3.05, 3.63) is 0 Å². The molecule has 0 heterocycles. The van der Waals surface area contributed by atoms with Crippen molar-refractivity contribution in [3.63, 3.8) is 0 Å². The molecule has 0 N–H and O–H groups in total. The van der Waals surface area contributed by atoms with Crippen LogP contribution in [0.3, 0.4) is 0 Å². The number of ketones is 2. The first-order valence-electron chi connectivity index (χ1n) is 2.94. The van der Waals surface area contributed by atoms with E-state index in [-0.39, 0.29) is 18.0 Å². The molecule has 1 aliphatic carbocycles. The van der Waals surface area contributed by atoms with Gasteiger partial charge in [0.1, 0.15) is 6.10 Å². The molecule has 1 aliphatic rings. The number of hydrogen-bond donors (Lipinski definition) is 0. The van der Waals surface area contributed by atoms with Gasteiger partial charge in [-0.25, -0.2) is 0 Å². The highest BCUT2D eigenvalue weighted by Gasteiger charge is 2.38. The Morgan fingerprint density at radius 3 is 2.67 bits per heavy atom. The lowest BCUT2D eigenvalue weighted by Crippen LogP contribution is -2.44. The molecular formula is C6H8O3. The molecule has 1 fully saturated rings. The predicted octanol–water partition coefficient (Wildman–Crippen LogP) is -0.0666. The smallest absolute Gasteiger partial charge is 0.227 e. The fourth-order valence-electron chi connectivity index (χ4n) is 0.746. The van der Waals surface area contributed by atoms with E-state index in [1.807, 2.05) is 0 Å². The van der Waals surface area contributed by atoms with E-state index in [4.69, 9.17) is 4.74 Å². The van der Waals surface area contributed by atoms with Crippen molar-refractivity contribution in [3.8, 4) is 0 Å². The molecule has 0 bridgehead atoms. The average molecular weight is 128 g/mol. The molecule has 50 valence electrons. The van der Waals surface area contributed by atoms with Crippen LogP contribution in [-0.2, 0) is 14.3 Å². The van der Waals surface area contributed by atoms with Gasteiger partial charge in [0.2, 0.25) is 11.6 Å². The van der Waals surface area contributed by atoms with E-state index >= 15 is 0 Å². The van der Waals surface area contributed by atoms with E-state index in [9.17, 15) is 9.59 Å². The largest absolute Gasteiger partial charge is 0.370 e. The first-order valence-corrected chi connectivity index (χ1v) is 2.94. The fraction of sp³-hybridized carbons (Fsp3) is 0.667. The Kier molecular flexibility index (Phi) is 1.62. The summed E-state index contributed by atoms with van der Waals surface area (Å²) in [4.78, 5) is 20.8. The van der Waals surface area contributed by atoms with Gasteiger partial charge in [-0.2, -0.15) is 0 Å². The maximum atomic E-state index is 10.5. The lowest BCUT2D eigenvalue weighted by Gasteiger charge is -2.21. The van der Waals surface area contributed by atoms with Crippen LogP contribution in [0.15, 0.2) is 0 Å². The quantitative estimate of drug-likeness (QED) is 0.489. The van der Waals surface area contributed by atoms with Crippen molar-refractivity contribution < 1.29 is 14.3 Å². The summed E-state index contributed by atoms with van der Waals surface area (Å²) in [6.07, 6.45) is -0.130. The summed E-state index contributed by atoms with van der Waals surface area (Å²) < 4.78 is 4.89. The molecule has 0 amide bonds. The van der Waals surface area contributed by atoms with Gasteiger partial charge in [-0.15, -0.1) is 0 Å². The van der Waals surface area contributed by atoms with Crippen LogP contribution in [0.25, 0.3) is 0 Å². The van der Waals surface area contributed by atoms with E-state index in [1.54, 1.807) is 6.92 Å². The third kappa shape index (κ3) is 1.00. The monoisotopic (exact) mass is 128 g/mol. The molecule has 3 nitrogen and oxygen atoms in total. The van der Waals surface area contributed by atoms with Gasteiger partial charge in [0.25, 0.3) is 0 Å².